The smallest absolute Gasteiger partial charge is 0.275 e. The van der Waals surface area contributed by atoms with E-state index in [0.29, 0.717) is 28.6 Å². The monoisotopic (exact) mass is 641 g/mol. The van der Waals surface area contributed by atoms with Crippen LogP contribution >= 0.6 is 11.6 Å². The van der Waals surface area contributed by atoms with Crippen LogP contribution in [0.2, 0.25) is 5.02 Å². The van der Waals surface area contributed by atoms with Crippen LogP contribution < -0.4 is 22.4 Å². The topological polar surface area (TPSA) is 138 Å². The number of halogens is 1. The summed E-state index contributed by atoms with van der Waals surface area (Å²) in [7, 11) is 0. The molecule has 46 heavy (non-hydrogen) atoms. The number of benzene rings is 3. The van der Waals surface area contributed by atoms with E-state index in [0.717, 1.165) is 47.9 Å². The van der Waals surface area contributed by atoms with Gasteiger partial charge in [-0.25, -0.2) is 11.4 Å². The summed E-state index contributed by atoms with van der Waals surface area (Å²) in [5.74, 6) is 5.54. The Morgan fingerprint density at radius 3 is 2.11 bits per heavy atom. The molecule has 3 aromatic carbocycles. The summed E-state index contributed by atoms with van der Waals surface area (Å²) < 4.78 is 0. The Labute approximate surface area is 276 Å². The van der Waals surface area contributed by atoms with Crippen molar-refractivity contribution in [3.05, 3.63) is 94.5 Å². The van der Waals surface area contributed by atoms with Gasteiger partial charge < -0.3 is 16.0 Å². The van der Waals surface area contributed by atoms with Crippen molar-refractivity contribution >= 4 is 35.0 Å². The molecule has 0 aromatic heterocycles. The Kier molecular flexibility index (Phi) is 9.84. The van der Waals surface area contributed by atoms with Crippen LogP contribution in [-0.2, 0) is 4.79 Å². The second-order valence-corrected chi connectivity index (χ2v) is 13.7. The summed E-state index contributed by atoms with van der Waals surface area (Å²) in [4.78, 5) is 34.6. The van der Waals surface area contributed by atoms with Crippen molar-refractivity contribution in [1.29, 1.82) is 0 Å². The van der Waals surface area contributed by atoms with E-state index in [4.69, 9.17) is 28.2 Å². The van der Waals surface area contributed by atoms with Gasteiger partial charge in [0, 0.05) is 16.1 Å². The molecule has 10 heteroatoms. The predicted molar refractivity (Wildman–Crippen MR) is 185 cm³/mol. The minimum Gasteiger partial charge on any atom is -0.384 e. The van der Waals surface area contributed by atoms with E-state index in [1.165, 1.54) is 0 Å². The fourth-order valence-corrected chi connectivity index (χ4v) is 6.94. The molecule has 0 saturated heterocycles. The van der Waals surface area contributed by atoms with Gasteiger partial charge >= 0.3 is 0 Å². The van der Waals surface area contributed by atoms with E-state index in [1.807, 2.05) is 65.6 Å². The lowest BCUT2D eigenvalue weighted by Crippen LogP contribution is -2.51. The highest BCUT2D eigenvalue weighted by Crippen LogP contribution is 2.49. The minimum absolute atomic E-state index is 0.0506. The van der Waals surface area contributed by atoms with Gasteiger partial charge in [0.05, 0.1) is 12.6 Å². The fourth-order valence-electron chi connectivity index (χ4n) is 6.81. The zero-order valence-electron chi connectivity index (χ0n) is 27.0. The third-order valence-electron chi connectivity index (χ3n) is 9.43. The molecule has 1 heterocycles. The summed E-state index contributed by atoms with van der Waals surface area (Å²) in [6.07, 6.45) is 4.33. The van der Waals surface area contributed by atoms with E-state index in [2.05, 4.69) is 43.6 Å². The van der Waals surface area contributed by atoms with Crippen molar-refractivity contribution in [2.24, 2.45) is 33.0 Å². The summed E-state index contributed by atoms with van der Waals surface area (Å²) in [5.41, 5.74) is 12.3. The lowest BCUT2D eigenvalue weighted by atomic mass is 9.69. The number of nitrogens with one attached hydrogen (secondary N) is 2. The van der Waals surface area contributed by atoms with Crippen LogP contribution in [0, 0.1) is 11.3 Å². The van der Waals surface area contributed by atoms with Crippen LogP contribution in [0.25, 0.3) is 11.1 Å². The third-order valence-corrected chi connectivity index (χ3v) is 9.68. The first-order valence-corrected chi connectivity index (χ1v) is 16.3. The maximum Gasteiger partial charge on any atom is 0.275 e. The number of hydrogen-bond acceptors (Lipinski definition) is 6. The minimum atomic E-state index is -0.617. The molecule has 2 aliphatic rings. The summed E-state index contributed by atoms with van der Waals surface area (Å²) in [5, 5.41) is 7.08. The van der Waals surface area contributed by atoms with Gasteiger partial charge in [0.1, 0.15) is 17.2 Å². The van der Waals surface area contributed by atoms with Crippen LogP contribution in [0.3, 0.4) is 0 Å². The Morgan fingerprint density at radius 2 is 1.57 bits per heavy atom. The third kappa shape index (κ3) is 6.95. The number of hydrogen-bond donors (Lipinski definition) is 4. The number of amides is 2. The normalized spacial score (nSPS) is 20.9. The molecule has 1 fully saturated rings. The van der Waals surface area contributed by atoms with Crippen LogP contribution in [0.4, 0.5) is 0 Å². The predicted octanol–water partition coefficient (Wildman–Crippen LogP) is 6.19. The molecule has 2 amide bonds. The first-order valence-electron chi connectivity index (χ1n) is 15.9. The van der Waals surface area contributed by atoms with Gasteiger partial charge in [0.2, 0.25) is 0 Å². The number of hydrazine groups is 1. The van der Waals surface area contributed by atoms with Gasteiger partial charge in [0.15, 0.2) is 0 Å². The van der Waals surface area contributed by atoms with E-state index < -0.39 is 5.66 Å². The molecule has 1 saturated carbocycles. The molecule has 1 aliphatic heterocycles. The quantitative estimate of drug-likeness (QED) is 0.0956. The zero-order chi connectivity index (χ0) is 33.1. The van der Waals surface area contributed by atoms with E-state index in [1.54, 1.807) is 12.1 Å². The Morgan fingerprint density at radius 1 is 1.00 bits per heavy atom. The molecule has 9 nitrogen and oxygen atoms in total. The zero-order valence-corrected chi connectivity index (χ0v) is 27.8. The number of carbonyl (C=O) groups excluding carboxylic acids is 2. The van der Waals surface area contributed by atoms with Gasteiger partial charge in [-0.05, 0) is 84.4 Å². The van der Waals surface area contributed by atoms with Crippen molar-refractivity contribution in [1.82, 2.24) is 15.8 Å². The lowest BCUT2D eigenvalue weighted by molar-refractivity contribution is -0.133. The van der Waals surface area contributed by atoms with Crippen molar-refractivity contribution in [3.63, 3.8) is 0 Å². The Balaban J connectivity index is 1.44. The number of carbonyl (C=O) groups is 2. The van der Waals surface area contributed by atoms with Gasteiger partial charge in [-0.3, -0.25) is 14.6 Å². The number of nitrogens with zero attached hydrogens (tertiary/aromatic N) is 3. The highest BCUT2D eigenvalue weighted by molar-refractivity contribution is 6.46. The maximum atomic E-state index is 14.5. The number of rotatable bonds is 9. The summed E-state index contributed by atoms with van der Waals surface area (Å²) in [6.45, 7) is 9.05. The van der Waals surface area contributed by atoms with E-state index >= 15 is 0 Å². The SMILES string of the molecule is CCC(c1ccc(C(=O)NCC(N)=NNN)cc1)N1C(=O)C(c2ccc(-c3ccc(Cl)cc3)cc2)=NC12CCC(C(C)(C)C)CC2. The molecule has 1 unspecified atom stereocenters. The molecule has 0 radical (unpaired) electrons. The van der Waals surface area contributed by atoms with Gasteiger partial charge in [-0.2, -0.15) is 5.10 Å². The molecule has 3 aromatic rings. The second-order valence-electron chi connectivity index (χ2n) is 13.3. The molecule has 0 bridgehead atoms. The van der Waals surface area contributed by atoms with Crippen LogP contribution in [-0.4, -0.2) is 40.5 Å². The molecule has 5 rings (SSSR count). The van der Waals surface area contributed by atoms with Crippen LogP contribution in [0.15, 0.2) is 82.9 Å². The van der Waals surface area contributed by atoms with Crippen LogP contribution in [0.5, 0.6) is 0 Å². The van der Waals surface area contributed by atoms with Gasteiger partial charge in [-0.1, -0.05) is 87.8 Å². The van der Waals surface area contributed by atoms with Gasteiger partial charge in [0.25, 0.3) is 11.8 Å². The molecule has 6 N–H and O–H groups in total. The first-order chi connectivity index (χ1) is 22.0. The number of hydrazone groups is 1. The molecular weight excluding hydrogens is 598 g/mol. The molecule has 1 spiro atoms. The molecule has 242 valence electrons. The fraction of sp³-hybridized carbons (Fsp3) is 0.389. The Hall–Kier alpha value is -4.21. The lowest BCUT2D eigenvalue weighted by Gasteiger charge is -2.47. The largest absolute Gasteiger partial charge is 0.384 e. The van der Waals surface area contributed by atoms with Gasteiger partial charge in [-0.15, -0.1) is 0 Å². The average molecular weight is 642 g/mol. The van der Waals surface area contributed by atoms with Crippen molar-refractivity contribution in [2.75, 3.05) is 6.54 Å². The van der Waals surface area contributed by atoms with Crippen molar-refractivity contribution in [2.45, 2.75) is 71.5 Å². The first kappa shape index (κ1) is 33.2. The summed E-state index contributed by atoms with van der Waals surface area (Å²) >= 11 is 6.09. The highest BCUT2D eigenvalue weighted by Gasteiger charge is 2.52. The standard InChI is InChI=1S/C36H44ClN7O2/c1-5-30(25-8-12-27(13-9-25)33(45)40-22-31(38)42-43-39)44-34(46)32(41-36(44)20-18-28(19-21-36)35(2,3)4)26-10-6-23(7-11-26)24-14-16-29(37)17-15-24/h6-17,28,30,43H,5,18-22,39H2,1-4H3,(H2,38,42)(H,40,45). The van der Waals surface area contributed by atoms with E-state index in [9.17, 15) is 9.59 Å². The molecule has 1 aliphatic carbocycles. The number of nitrogens with two attached hydrogens (primary N) is 2. The molecular formula is C36H44ClN7O2. The average Bonchev–Trinajstić information content (AvgIpc) is 3.31. The van der Waals surface area contributed by atoms with Crippen LogP contribution in [0.1, 0.15) is 87.3 Å². The highest BCUT2D eigenvalue weighted by atomic mass is 35.5. The molecule has 1 atom stereocenters. The Bertz CT molecular complexity index is 1600. The number of aliphatic imine (C=N–C) groups is 1. The van der Waals surface area contributed by atoms with Crippen molar-refractivity contribution in [3.8, 4) is 11.1 Å². The summed E-state index contributed by atoms with van der Waals surface area (Å²) in [6, 6.07) is 23.0. The number of amidine groups is 1. The van der Waals surface area contributed by atoms with Crippen molar-refractivity contribution < 1.29 is 9.59 Å². The second kappa shape index (κ2) is 13.6. The maximum absolute atomic E-state index is 14.5. The van der Waals surface area contributed by atoms with E-state index in [-0.39, 0.29) is 35.7 Å².